The fourth-order valence-electron chi connectivity index (χ4n) is 5.05. The van der Waals surface area contributed by atoms with Crippen LogP contribution in [0.2, 0.25) is 5.02 Å². The fraction of sp³-hybridized carbons (Fsp3) is 0.600. The Bertz CT molecular complexity index is 1030. The number of nitrogens with zero attached hydrogens (tertiary/aromatic N) is 3. The Morgan fingerprint density at radius 2 is 1.79 bits per heavy atom. The highest BCUT2D eigenvalue weighted by Crippen LogP contribution is 2.34. The van der Waals surface area contributed by atoms with Crippen LogP contribution in [0.3, 0.4) is 0 Å². The molecule has 0 spiro atoms. The van der Waals surface area contributed by atoms with Gasteiger partial charge >= 0.3 is 0 Å². The Labute approximate surface area is 202 Å². The van der Waals surface area contributed by atoms with Crippen molar-refractivity contribution in [2.24, 2.45) is 0 Å². The van der Waals surface area contributed by atoms with Crippen molar-refractivity contribution in [2.75, 3.05) is 25.5 Å². The molecule has 0 saturated heterocycles. The molecule has 1 aliphatic rings. The zero-order valence-corrected chi connectivity index (χ0v) is 21.6. The second kappa shape index (κ2) is 10.8. The van der Waals surface area contributed by atoms with Gasteiger partial charge in [-0.05, 0) is 85.2 Å². The van der Waals surface area contributed by atoms with Gasteiger partial charge in [-0.1, -0.05) is 11.6 Å². The molecule has 0 radical (unpaired) electrons. The highest BCUT2D eigenvalue weighted by atomic mass is 35.5. The normalized spacial score (nSPS) is 18.5. The van der Waals surface area contributed by atoms with Crippen LogP contribution in [0.1, 0.15) is 66.7 Å². The molecule has 8 heteroatoms. The highest BCUT2D eigenvalue weighted by molar-refractivity contribution is 6.31. The van der Waals surface area contributed by atoms with E-state index in [1.54, 1.807) is 10.7 Å². The molecule has 3 rings (SSSR count). The molecular weight excluding hydrogens is 438 g/mol. The number of aryl methyl sites for hydroxylation is 2. The van der Waals surface area contributed by atoms with Crippen molar-refractivity contribution in [3.8, 4) is 0 Å². The molecule has 1 saturated carbocycles. The van der Waals surface area contributed by atoms with Gasteiger partial charge in [0, 0.05) is 47.1 Å². The highest BCUT2D eigenvalue weighted by Gasteiger charge is 2.28. The van der Waals surface area contributed by atoms with Crippen LogP contribution in [0.25, 0.3) is 0 Å². The van der Waals surface area contributed by atoms with Crippen LogP contribution in [0, 0.1) is 13.8 Å². The number of benzene rings is 1. The lowest BCUT2D eigenvalue weighted by Gasteiger charge is -2.40. The summed E-state index contributed by atoms with van der Waals surface area (Å²) in [7, 11) is 4.31. The summed E-state index contributed by atoms with van der Waals surface area (Å²) in [4.78, 5) is 30.3. The van der Waals surface area contributed by atoms with Gasteiger partial charge in [-0.3, -0.25) is 19.4 Å². The van der Waals surface area contributed by atoms with E-state index in [4.69, 9.17) is 11.6 Å². The summed E-state index contributed by atoms with van der Waals surface area (Å²) in [6.07, 6.45) is 4.60. The van der Waals surface area contributed by atoms with E-state index in [1.807, 2.05) is 26.8 Å². The molecule has 0 aliphatic heterocycles. The summed E-state index contributed by atoms with van der Waals surface area (Å²) in [5, 5.41) is 6.52. The lowest BCUT2D eigenvalue weighted by Crippen LogP contribution is -2.42. The molecule has 33 heavy (non-hydrogen) atoms. The van der Waals surface area contributed by atoms with Crippen molar-refractivity contribution >= 4 is 23.2 Å². The van der Waals surface area contributed by atoms with E-state index in [0.717, 1.165) is 36.3 Å². The topological polar surface area (TPSA) is 73.4 Å². The average molecular weight is 476 g/mol. The number of aromatic amines is 1. The van der Waals surface area contributed by atoms with Crippen LogP contribution < -0.4 is 15.8 Å². The van der Waals surface area contributed by atoms with Crippen molar-refractivity contribution in [1.29, 1.82) is 0 Å². The summed E-state index contributed by atoms with van der Waals surface area (Å²) in [6.45, 7) is 9.50. The molecule has 1 aliphatic carbocycles. The lowest BCUT2D eigenvalue weighted by molar-refractivity contribution is 0.0950. The number of aromatic nitrogens is 2. The smallest absolute Gasteiger partial charge is 0.271 e. The second-order valence-corrected chi connectivity index (χ2v) is 9.69. The zero-order chi connectivity index (χ0) is 24.3. The molecule has 1 aromatic heterocycles. The number of carbonyl (C=O) groups excluding carboxylic acids is 1. The summed E-state index contributed by atoms with van der Waals surface area (Å²) in [5.74, 6) is -0.216. The molecule has 1 amide bonds. The minimum absolute atomic E-state index is 0.0932. The number of carbonyl (C=O) groups is 1. The van der Waals surface area contributed by atoms with Crippen molar-refractivity contribution in [1.82, 2.24) is 20.0 Å². The molecule has 1 heterocycles. The molecule has 0 bridgehead atoms. The largest absolute Gasteiger partial charge is 0.369 e. The predicted molar refractivity (Wildman–Crippen MR) is 136 cm³/mol. The predicted octanol–water partition coefficient (Wildman–Crippen LogP) is 4.10. The van der Waals surface area contributed by atoms with Gasteiger partial charge < -0.3 is 15.1 Å². The monoisotopic (exact) mass is 475 g/mol. The molecule has 1 fully saturated rings. The van der Waals surface area contributed by atoms with Gasteiger partial charge in [0.2, 0.25) is 0 Å². The number of rotatable bonds is 8. The summed E-state index contributed by atoms with van der Waals surface area (Å²) in [5.41, 5.74) is 3.76. The molecule has 2 N–H and O–H groups in total. The number of H-pyrrole nitrogens is 1. The lowest BCUT2D eigenvalue weighted by atomic mass is 9.89. The van der Waals surface area contributed by atoms with Gasteiger partial charge in [-0.2, -0.15) is 0 Å². The van der Waals surface area contributed by atoms with Gasteiger partial charge in [0.05, 0.1) is 12.1 Å². The third-order valence-corrected chi connectivity index (χ3v) is 7.30. The third kappa shape index (κ3) is 5.46. The maximum atomic E-state index is 13.1. The van der Waals surface area contributed by atoms with E-state index in [2.05, 4.69) is 41.2 Å². The van der Waals surface area contributed by atoms with E-state index in [1.165, 1.54) is 12.8 Å². The quantitative estimate of drug-likeness (QED) is 0.603. The Hall–Kier alpha value is -2.25. The van der Waals surface area contributed by atoms with E-state index < -0.39 is 0 Å². The Kier molecular flexibility index (Phi) is 8.29. The average Bonchev–Trinajstić information content (AvgIpc) is 3.07. The maximum Gasteiger partial charge on any atom is 0.271 e. The first-order valence-electron chi connectivity index (χ1n) is 12.0. The summed E-state index contributed by atoms with van der Waals surface area (Å²) in [6, 6.07) is 4.77. The van der Waals surface area contributed by atoms with Crippen LogP contribution in [0.4, 0.5) is 5.69 Å². The maximum absolute atomic E-state index is 13.1. The van der Waals surface area contributed by atoms with Crippen LogP contribution in [-0.4, -0.2) is 53.3 Å². The molecule has 1 aromatic carbocycles. The molecule has 7 nitrogen and oxygen atoms in total. The number of hydrogen-bond acceptors (Lipinski definition) is 4. The third-order valence-electron chi connectivity index (χ3n) is 7.08. The van der Waals surface area contributed by atoms with Crippen molar-refractivity contribution in [2.45, 2.75) is 78.6 Å². The van der Waals surface area contributed by atoms with Gasteiger partial charge in [-0.25, -0.2) is 0 Å². The van der Waals surface area contributed by atoms with Crippen LogP contribution in [0.5, 0.6) is 0 Å². The van der Waals surface area contributed by atoms with Crippen LogP contribution >= 0.6 is 11.6 Å². The Morgan fingerprint density at radius 3 is 2.33 bits per heavy atom. The zero-order valence-electron chi connectivity index (χ0n) is 20.8. The molecule has 2 aromatic rings. The molecule has 0 atom stereocenters. The number of hydrogen-bond donors (Lipinski definition) is 2. The summed E-state index contributed by atoms with van der Waals surface area (Å²) < 4.78 is 1.55. The molecule has 182 valence electrons. The first-order chi connectivity index (χ1) is 15.7. The molecular formula is C25H38ClN5O2. The van der Waals surface area contributed by atoms with E-state index in [0.29, 0.717) is 34.8 Å². The standard InChI is InChI=1S/C25H38ClN5O2/c1-7-30(20-11-9-19(10-12-20)29(5)6)23-14-18(26)13-21(16(23)3)24(32)27-15-22-17(4)28-31(8-2)25(22)33/h13-14,19-20,28H,7-12,15H2,1-6H3,(H,27,32). The van der Waals surface area contributed by atoms with Gasteiger partial charge in [0.25, 0.3) is 11.5 Å². The van der Waals surface area contributed by atoms with E-state index in [9.17, 15) is 9.59 Å². The minimum atomic E-state index is -0.216. The van der Waals surface area contributed by atoms with Gasteiger partial charge in [0.15, 0.2) is 0 Å². The van der Waals surface area contributed by atoms with Gasteiger partial charge in [-0.15, -0.1) is 0 Å². The van der Waals surface area contributed by atoms with Crippen LogP contribution in [0.15, 0.2) is 16.9 Å². The number of nitrogens with one attached hydrogen (secondary N) is 2. The number of anilines is 1. The number of halogens is 1. The Balaban J connectivity index is 1.80. The minimum Gasteiger partial charge on any atom is -0.369 e. The summed E-state index contributed by atoms with van der Waals surface area (Å²) >= 11 is 6.49. The van der Waals surface area contributed by atoms with Crippen LogP contribution in [-0.2, 0) is 13.1 Å². The Morgan fingerprint density at radius 1 is 1.15 bits per heavy atom. The first kappa shape index (κ1) is 25.4. The van der Waals surface area contributed by atoms with Crippen molar-refractivity contribution < 1.29 is 4.79 Å². The van der Waals surface area contributed by atoms with E-state index in [-0.39, 0.29) is 18.0 Å². The molecule has 0 unspecified atom stereocenters. The van der Waals surface area contributed by atoms with Crippen molar-refractivity contribution in [3.05, 3.63) is 49.9 Å². The fourth-order valence-corrected chi connectivity index (χ4v) is 5.26. The SMILES string of the molecule is CCN(c1cc(Cl)cc(C(=O)NCc2c(C)[nH]n(CC)c2=O)c1C)C1CCC(N(C)C)CC1. The van der Waals surface area contributed by atoms with Gasteiger partial charge in [0.1, 0.15) is 0 Å². The second-order valence-electron chi connectivity index (χ2n) is 9.26. The number of amides is 1. The van der Waals surface area contributed by atoms with E-state index >= 15 is 0 Å². The van der Waals surface area contributed by atoms with Crippen molar-refractivity contribution in [3.63, 3.8) is 0 Å². The first-order valence-corrected chi connectivity index (χ1v) is 12.3.